The number of nitrogens with zero attached hydrogens (tertiary/aromatic N) is 1. The normalized spacial score (nSPS) is 13.8. The fraction of sp³-hybridized carbons (Fsp3) is 0.538. The van der Waals surface area contributed by atoms with Crippen LogP contribution in [0.5, 0.6) is 0 Å². The van der Waals surface area contributed by atoms with Gasteiger partial charge in [0.25, 0.3) is 0 Å². The van der Waals surface area contributed by atoms with Crippen molar-refractivity contribution in [1.29, 1.82) is 0 Å². The predicted octanol–water partition coefficient (Wildman–Crippen LogP) is 1.54. The van der Waals surface area contributed by atoms with E-state index in [0.717, 1.165) is 0 Å². The van der Waals surface area contributed by atoms with E-state index in [2.05, 4.69) is 0 Å². The van der Waals surface area contributed by atoms with Gasteiger partial charge in [-0.25, -0.2) is 8.42 Å². The number of methoxy groups -OCH3 is 1. The monoisotopic (exact) mass is 286 g/mol. The number of hydrogen-bond donors (Lipinski definition) is 1. The lowest BCUT2D eigenvalue weighted by molar-refractivity contribution is 0.149. The zero-order valence-electron chi connectivity index (χ0n) is 12.1. The maximum atomic E-state index is 12.6. The molecule has 19 heavy (non-hydrogen) atoms. The van der Waals surface area contributed by atoms with Gasteiger partial charge in [0.1, 0.15) is 0 Å². The van der Waals surface area contributed by atoms with E-state index in [4.69, 9.17) is 10.5 Å². The topological polar surface area (TPSA) is 72.6 Å². The van der Waals surface area contributed by atoms with E-state index in [1.165, 1.54) is 4.31 Å². The Kier molecular flexibility index (Phi) is 4.95. The van der Waals surface area contributed by atoms with Gasteiger partial charge in [-0.1, -0.05) is 0 Å². The van der Waals surface area contributed by atoms with E-state index in [1.807, 2.05) is 6.92 Å². The maximum absolute atomic E-state index is 12.6. The average molecular weight is 286 g/mol. The number of nitrogen functional groups attached to an aromatic ring is 1. The minimum atomic E-state index is -3.54. The Bertz CT molecular complexity index is 532. The lowest BCUT2D eigenvalue weighted by Crippen LogP contribution is -2.38. The summed E-state index contributed by atoms with van der Waals surface area (Å²) in [5.74, 6) is 0. The summed E-state index contributed by atoms with van der Waals surface area (Å²) in [5.41, 5.74) is 7.62. The molecular formula is C13H22N2O3S. The first-order valence-electron chi connectivity index (χ1n) is 6.05. The summed E-state index contributed by atoms with van der Waals surface area (Å²) in [6, 6.07) is 3.12. The molecule has 5 nitrogen and oxygen atoms in total. The highest BCUT2D eigenvalue weighted by atomic mass is 32.2. The fourth-order valence-corrected chi connectivity index (χ4v) is 3.87. The van der Waals surface area contributed by atoms with Crippen LogP contribution in [0.4, 0.5) is 5.69 Å². The van der Waals surface area contributed by atoms with Gasteiger partial charge in [0.15, 0.2) is 0 Å². The highest BCUT2D eigenvalue weighted by molar-refractivity contribution is 7.89. The smallest absolute Gasteiger partial charge is 0.243 e. The van der Waals surface area contributed by atoms with Gasteiger partial charge in [-0.15, -0.1) is 0 Å². The van der Waals surface area contributed by atoms with Crippen molar-refractivity contribution in [3.63, 3.8) is 0 Å². The van der Waals surface area contributed by atoms with Crippen LogP contribution in [0, 0.1) is 13.8 Å². The van der Waals surface area contributed by atoms with Crippen LogP contribution in [0.15, 0.2) is 17.0 Å². The number of likely N-dealkylation sites (N-methyl/N-ethyl adjacent to an activating group) is 1. The largest absolute Gasteiger partial charge is 0.399 e. The predicted molar refractivity (Wildman–Crippen MR) is 76.6 cm³/mol. The third kappa shape index (κ3) is 3.26. The molecule has 1 rings (SSSR count). The van der Waals surface area contributed by atoms with Gasteiger partial charge in [-0.3, -0.25) is 0 Å². The Hall–Kier alpha value is -1.11. The first-order chi connectivity index (χ1) is 8.71. The van der Waals surface area contributed by atoms with Crippen LogP contribution < -0.4 is 5.73 Å². The fourth-order valence-electron chi connectivity index (χ4n) is 2.12. The van der Waals surface area contributed by atoms with Crippen molar-refractivity contribution >= 4 is 15.7 Å². The number of nitrogens with two attached hydrogens (primary N) is 1. The van der Waals surface area contributed by atoms with Crippen LogP contribution >= 0.6 is 0 Å². The molecular weight excluding hydrogens is 264 g/mol. The quantitative estimate of drug-likeness (QED) is 0.833. The number of anilines is 1. The Balaban J connectivity index is 3.28. The SMILES string of the molecule is COCC(C)N(C)S(=O)(=O)c1c(C)cc(N)cc1C. The number of sulfonamides is 1. The second-order valence-corrected chi connectivity index (χ2v) is 6.74. The van der Waals surface area contributed by atoms with Crippen LogP contribution in [0.1, 0.15) is 18.1 Å². The van der Waals surface area contributed by atoms with Gasteiger partial charge in [-0.2, -0.15) is 4.31 Å². The Morgan fingerprint density at radius 3 is 2.21 bits per heavy atom. The summed E-state index contributed by atoms with van der Waals surface area (Å²) < 4.78 is 31.6. The summed E-state index contributed by atoms with van der Waals surface area (Å²) in [5, 5.41) is 0. The van der Waals surface area contributed by atoms with E-state index in [0.29, 0.717) is 28.3 Å². The van der Waals surface area contributed by atoms with Gasteiger partial charge in [0.05, 0.1) is 11.5 Å². The van der Waals surface area contributed by atoms with Crippen molar-refractivity contribution in [3.05, 3.63) is 23.3 Å². The molecule has 6 heteroatoms. The second kappa shape index (κ2) is 5.90. The van der Waals surface area contributed by atoms with Crippen molar-refractivity contribution in [2.45, 2.75) is 31.7 Å². The molecule has 1 unspecified atom stereocenters. The van der Waals surface area contributed by atoms with Crippen LogP contribution in [-0.2, 0) is 14.8 Å². The number of ether oxygens (including phenoxy) is 1. The van der Waals surface area contributed by atoms with Crippen LogP contribution in [0.25, 0.3) is 0 Å². The standard InChI is InChI=1S/C13H22N2O3S/c1-9-6-12(14)7-10(2)13(9)19(16,17)15(4)11(3)8-18-5/h6-7,11H,8,14H2,1-5H3. The summed E-state index contributed by atoms with van der Waals surface area (Å²) >= 11 is 0. The molecule has 1 aromatic carbocycles. The summed E-state index contributed by atoms with van der Waals surface area (Å²) in [4.78, 5) is 0.326. The zero-order valence-corrected chi connectivity index (χ0v) is 12.9. The first-order valence-corrected chi connectivity index (χ1v) is 7.49. The van der Waals surface area contributed by atoms with Crippen molar-refractivity contribution in [1.82, 2.24) is 4.31 Å². The van der Waals surface area contributed by atoms with Crippen LogP contribution in [0.3, 0.4) is 0 Å². The molecule has 0 amide bonds. The molecule has 0 aliphatic carbocycles. The molecule has 0 radical (unpaired) electrons. The molecule has 1 aromatic rings. The average Bonchev–Trinajstić information content (AvgIpc) is 2.26. The summed E-state index contributed by atoms with van der Waals surface area (Å²) in [6.45, 7) is 5.67. The Morgan fingerprint density at radius 1 is 1.32 bits per heavy atom. The molecule has 0 heterocycles. The molecule has 0 aromatic heterocycles. The van der Waals surface area contributed by atoms with Crippen LogP contribution in [0.2, 0.25) is 0 Å². The third-order valence-electron chi connectivity index (χ3n) is 3.15. The molecule has 0 spiro atoms. The molecule has 0 fully saturated rings. The highest BCUT2D eigenvalue weighted by Gasteiger charge is 2.28. The van der Waals surface area contributed by atoms with Crippen LogP contribution in [-0.4, -0.2) is 39.5 Å². The summed E-state index contributed by atoms with van der Waals surface area (Å²) in [7, 11) is -0.425. The number of benzene rings is 1. The highest BCUT2D eigenvalue weighted by Crippen LogP contribution is 2.26. The Labute approximate surface area is 115 Å². The zero-order chi connectivity index (χ0) is 14.8. The molecule has 1 atom stereocenters. The van der Waals surface area contributed by atoms with Gasteiger partial charge >= 0.3 is 0 Å². The third-order valence-corrected chi connectivity index (χ3v) is 5.43. The number of aryl methyl sites for hydroxylation is 2. The van der Waals surface area contributed by atoms with Crippen molar-refractivity contribution < 1.29 is 13.2 Å². The second-order valence-electron chi connectivity index (χ2n) is 4.81. The minimum absolute atomic E-state index is 0.230. The maximum Gasteiger partial charge on any atom is 0.243 e. The first kappa shape index (κ1) is 15.9. The van der Waals surface area contributed by atoms with E-state index in [9.17, 15) is 8.42 Å². The minimum Gasteiger partial charge on any atom is -0.399 e. The molecule has 0 aliphatic rings. The molecule has 108 valence electrons. The Morgan fingerprint density at radius 2 is 1.79 bits per heavy atom. The van der Waals surface area contributed by atoms with Crippen molar-refractivity contribution in [3.8, 4) is 0 Å². The van der Waals surface area contributed by atoms with E-state index < -0.39 is 10.0 Å². The van der Waals surface area contributed by atoms with Crippen molar-refractivity contribution in [2.24, 2.45) is 0 Å². The van der Waals surface area contributed by atoms with Gasteiger partial charge < -0.3 is 10.5 Å². The molecule has 0 saturated carbocycles. The number of rotatable bonds is 5. The molecule has 0 saturated heterocycles. The summed E-state index contributed by atoms with van der Waals surface area (Å²) in [6.07, 6.45) is 0. The molecule has 2 N–H and O–H groups in total. The lowest BCUT2D eigenvalue weighted by atomic mass is 10.1. The van der Waals surface area contributed by atoms with Crippen molar-refractivity contribution in [2.75, 3.05) is 26.5 Å². The van der Waals surface area contributed by atoms with Gasteiger partial charge in [0.2, 0.25) is 10.0 Å². The number of hydrogen-bond acceptors (Lipinski definition) is 4. The lowest BCUT2D eigenvalue weighted by Gasteiger charge is -2.25. The molecule has 0 bridgehead atoms. The van der Waals surface area contributed by atoms with E-state index >= 15 is 0 Å². The van der Waals surface area contributed by atoms with Gasteiger partial charge in [0, 0.05) is 25.9 Å². The van der Waals surface area contributed by atoms with Gasteiger partial charge in [-0.05, 0) is 44.0 Å². The van der Waals surface area contributed by atoms with E-state index in [-0.39, 0.29) is 6.04 Å². The van der Waals surface area contributed by atoms with E-state index in [1.54, 1.807) is 40.1 Å². The molecule has 0 aliphatic heterocycles.